The minimum atomic E-state index is 0.0662. The highest BCUT2D eigenvalue weighted by Gasteiger charge is 2.15. The number of carbonyl (C=O) groups is 1. The number of pyridine rings is 1. The molecule has 0 atom stereocenters. The zero-order chi connectivity index (χ0) is 20.2. The van der Waals surface area contributed by atoms with Crippen LogP contribution in [0, 0.1) is 13.8 Å². The molecule has 0 saturated carbocycles. The van der Waals surface area contributed by atoms with E-state index < -0.39 is 0 Å². The van der Waals surface area contributed by atoms with E-state index in [-0.39, 0.29) is 5.91 Å². The maximum Gasteiger partial charge on any atom is 0.224 e. The summed E-state index contributed by atoms with van der Waals surface area (Å²) in [6.45, 7) is 5.08. The van der Waals surface area contributed by atoms with E-state index in [1.54, 1.807) is 12.4 Å². The Kier molecular flexibility index (Phi) is 5.37. The van der Waals surface area contributed by atoms with Crippen LogP contribution in [0.3, 0.4) is 0 Å². The van der Waals surface area contributed by atoms with E-state index in [1.165, 1.54) is 0 Å². The zero-order valence-electron chi connectivity index (χ0n) is 16.5. The van der Waals surface area contributed by atoms with Crippen LogP contribution in [0.1, 0.15) is 23.2 Å². The molecule has 1 aliphatic heterocycles. The SMILES string of the molecule is Cc1nc(-c2cccnc2)nc(NCCOc2ccc3c(c2)CCC(=O)N3)c1C. The molecule has 29 heavy (non-hydrogen) atoms. The summed E-state index contributed by atoms with van der Waals surface area (Å²) in [5.74, 6) is 2.32. The van der Waals surface area contributed by atoms with Crippen molar-refractivity contribution in [3.8, 4) is 17.1 Å². The van der Waals surface area contributed by atoms with Gasteiger partial charge in [0.2, 0.25) is 5.91 Å². The molecule has 0 aliphatic carbocycles. The number of amides is 1. The molecule has 3 aromatic rings. The minimum absolute atomic E-state index is 0.0662. The Morgan fingerprint density at radius 2 is 2.07 bits per heavy atom. The van der Waals surface area contributed by atoms with Gasteiger partial charge in [0.05, 0.1) is 6.54 Å². The van der Waals surface area contributed by atoms with Gasteiger partial charge < -0.3 is 15.4 Å². The van der Waals surface area contributed by atoms with E-state index in [4.69, 9.17) is 4.74 Å². The number of carbonyl (C=O) groups excluding carboxylic acids is 1. The molecule has 2 aromatic heterocycles. The molecular weight excluding hydrogens is 366 g/mol. The van der Waals surface area contributed by atoms with Crippen molar-refractivity contribution in [2.24, 2.45) is 0 Å². The molecule has 0 radical (unpaired) electrons. The first kappa shape index (κ1) is 18.9. The van der Waals surface area contributed by atoms with Gasteiger partial charge in [-0.2, -0.15) is 0 Å². The molecule has 1 amide bonds. The monoisotopic (exact) mass is 389 g/mol. The number of aromatic nitrogens is 3. The molecule has 1 aromatic carbocycles. The average Bonchev–Trinajstić information content (AvgIpc) is 2.74. The summed E-state index contributed by atoms with van der Waals surface area (Å²) in [6, 6.07) is 9.59. The van der Waals surface area contributed by atoms with Crippen LogP contribution in [0.25, 0.3) is 11.4 Å². The summed E-state index contributed by atoms with van der Waals surface area (Å²) in [6.07, 6.45) is 4.75. The van der Waals surface area contributed by atoms with Crippen molar-refractivity contribution in [1.82, 2.24) is 15.0 Å². The smallest absolute Gasteiger partial charge is 0.224 e. The zero-order valence-corrected chi connectivity index (χ0v) is 16.5. The highest BCUT2D eigenvalue weighted by Crippen LogP contribution is 2.27. The van der Waals surface area contributed by atoms with Crippen LogP contribution >= 0.6 is 0 Å². The Balaban J connectivity index is 1.38. The van der Waals surface area contributed by atoms with Crippen molar-refractivity contribution in [2.75, 3.05) is 23.8 Å². The number of ether oxygens (including phenoxy) is 1. The molecule has 0 bridgehead atoms. The van der Waals surface area contributed by atoms with E-state index >= 15 is 0 Å². The number of anilines is 2. The lowest BCUT2D eigenvalue weighted by Crippen LogP contribution is -2.19. The summed E-state index contributed by atoms with van der Waals surface area (Å²) in [4.78, 5) is 24.8. The van der Waals surface area contributed by atoms with Gasteiger partial charge in [-0.1, -0.05) is 0 Å². The van der Waals surface area contributed by atoms with Crippen LogP contribution < -0.4 is 15.4 Å². The van der Waals surface area contributed by atoms with Gasteiger partial charge in [0.15, 0.2) is 5.82 Å². The fraction of sp³-hybridized carbons (Fsp3) is 0.273. The lowest BCUT2D eigenvalue weighted by atomic mass is 10.0. The lowest BCUT2D eigenvalue weighted by Gasteiger charge is -2.18. The van der Waals surface area contributed by atoms with E-state index in [1.807, 2.05) is 44.2 Å². The number of fused-ring (bicyclic) bond motifs is 1. The van der Waals surface area contributed by atoms with Crippen LogP contribution in [0.5, 0.6) is 5.75 Å². The minimum Gasteiger partial charge on any atom is -0.492 e. The molecule has 0 fully saturated rings. The second-order valence-electron chi connectivity index (χ2n) is 6.99. The van der Waals surface area contributed by atoms with Gasteiger partial charge in [0.1, 0.15) is 18.2 Å². The number of hydrogen-bond donors (Lipinski definition) is 2. The van der Waals surface area contributed by atoms with Gasteiger partial charge in [-0.3, -0.25) is 9.78 Å². The Bertz CT molecular complexity index is 1040. The Morgan fingerprint density at radius 1 is 1.17 bits per heavy atom. The molecule has 2 N–H and O–H groups in total. The Labute approximate surface area is 169 Å². The third-order valence-electron chi connectivity index (χ3n) is 4.94. The number of nitrogens with zero attached hydrogens (tertiary/aromatic N) is 3. The molecule has 3 heterocycles. The average molecular weight is 389 g/mol. The molecule has 7 heteroatoms. The number of hydrogen-bond acceptors (Lipinski definition) is 6. The highest BCUT2D eigenvalue weighted by atomic mass is 16.5. The largest absolute Gasteiger partial charge is 0.492 e. The molecule has 0 saturated heterocycles. The summed E-state index contributed by atoms with van der Waals surface area (Å²) < 4.78 is 5.88. The highest BCUT2D eigenvalue weighted by molar-refractivity contribution is 5.94. The van der Waals surface area contributed by atoms with Crippen molar-refractivity contribution in [3.63, 3.8) is 0 Å². The number of nitrogens with one attached hydrogen (secondary N) is 2. The van der Waals surface area contributed by atoms with Crippen molar-refractivity contribution in [1.29, 1.82) is 0 Å². The normalized spacial score (nSPS) is 12.8. The van der Waals surface area contributed by atoms with E-state index in [0.29, 0.717) is 25.4 Å². The first-order valence-electron chi connectivity index (χ1n) is 9.65. The van der Waals surface area contributed by atoms with Crippen molar-refractivity contribution in [3.05, 3.63) is 59.5 Å². The van der Waals surface area contributed by atoms with Gasteiger partial charge in [0.25, 0.3) is 0 Å². The van der Waals surface area contributed by atoms with E-state index in [2.05, 4.69) is 25.6 Å². The van der Waals surface area contributed by atoms with Crippen molar-refractivity contribution in [2.45, 2.75) is 26.7 Å². The fourth-order valence-electron chi connectivity index (χ4n) is 3.21. The molecule has 4 rings (SSSR count). The van der Waals surface area contributed by atoms with Gasteiger partial charge in [-0.15, -0.1) is 0 Å². The number of rotatable bonds is 6. The van der Waals surface area contributed by atoms with Gasteiger partial charge in [-0.25, -0.2) is 9.97 Å². The number of aryl methyl sites for hydroxylation is 2. The standard InChI is InChI=1S/C22H23N5O2/c1-14-15(2)25-22(17-4-3-9-23-13-17)27-21(14)24-10-11-29-18-6-7-19-16(12-18)5-8-20(28)26-19/h3-4,6-7,9,12-13H,5,8,10-11H2,1-2H3,(H,26,28)(H,24,25,27). The third kappa shape index (κ3) is 4.34. The fourth-order valence-corrected chi connectivity index (χ4v) is 3.21. The summed E-state index contributed by atoms with van der Waals surface area (Å²) in [5, 5.41) is 6.23. The molecule has 7 nitrogen and oxygen atoms in total. The molecule has 0 unspecified atom stereocenters. The van der Waals surface area contributed by atoms with Crippen LogP contribution in [0.4, 0.5) is 11.5 Å². The van der Waals surface area contributed by atoms with Crippen LogP contribution in [0.15, 0.2) is 42.7 Å². The van der Waals surface area contributed by atoms with Crippen molar-refractivity contribution >= 4 is 17.4 Å². The third-order valence-corrected chi connectivity index (χ3v) is 4.94. The maximum absolute atomic E-state index is 11.5. The Morgan fingerprint density at radius 3 is 2.90 bits per heavy atom. The molecular formula is C22H23N5O2. The van der Waals surface area contributed by atoms with Crippen LogP contribution in [0.2, 0.25) is 0 Å². The molecule has 1 aliphatic rings. The van der Waals surface area contributed by atoms with Crippen molar-refractivity contribution < 1.29 is 9.53 Å². The first-order valence-corrected chi connectivity index (χ1v) is 9.65. The van der Waals surface area contributed by atoms with Crippen LogP contribution in [-0.4, -0.2) is 34.0 Å². The second kappa shape index (κ2) is 8.26. The van der Waals surface area contributed by atoms with Gasteiger partial charge >= 0.3 is 0 Å². The molecule has 0 spiro atoms. The molecule has 148 valence electrons. The van der Waals surface area contributed by atoms with E-state index in [0.717, 1.165) is 46.1 Å². The van der Waals surface area contributed by atoms with Gasteiger partial charge in [0, 0.05) is 41.3 Å². The van der Waals surface area contributed by atoms with E-state index in [9.17, 15) is 4.79 Å². The lowest BCUT2D eigenvalue weighted by molar-refractivity contribution is -0.116. The quantitative estimate of drug-likeness (QED) is 0.627. The first-order chi connectivity index (χ1) is 14.1. The maximum atomic E-state index is 11.5. The van der Waals surface area contributed by atoms with Gasteiger partial charge in [-0.05, 0) is 56.2 Å². The summed E-state index contributed by atoms with van der Waals surface area (Å²) >= 11 is 0. The Hall–Kier alpha value is -3.48. The topological polar surface area (TPSA) is 89.0 Å². The number of benzene rings is 1. The predicted molar refractivity (Wildman–Crippen MR) is 112 cm³/mol. The summed E-state index contributed by atoms with van der Waals surface area (Å²) in [5.41, 5.74) is 4.82. The second-order valence-corrected chi connectivity index (χ2v) is 6.99. The predicted octanol–water partition coefficient (Wildman–Crippen LogP) is 3.53. The summed E-state index contributed by atoms with van der Waals surface area (Å²) in [7, 11) is 0. The van der Waals surface area contributed by atoms with Crippen LogP contribution in [-0.2, 0) is 11.2 Å².